The van der Waals surface area contributed by atoms with Gasteiger partial charge in [0, 0.05) is 31.7 Å². The summed E-state index contributed by atoms with van der Waals surface area (Å²) in [6.45, 7) is 9.58. The van der Waals surface area contributed by atoms with Gasteiger partial charge in [-0.3, -0.25) is 19.3 Å². The van der Waals surface area contributed by atoms with Gasteiger partial charge >= 0.3 is 0 Å². The number of piperazine rings is 1. The van der Waals surface area contributed by atoms with E-state index >= 15 is 0 Å². The summed E-state index contributed by atoms with van der Waals surface area (Å²) in [4.78, 5) is 44.0. The molecule has 1 saturated heterocycles. The molecule has 4 rings (SSSR count). The van der Waals surface area contributed by atoms with Gasteiger partial charge in [-0.25, -0.2) is 0 Å². The van der Waals surface area contributed by atoms with E-state index in [9.17, 15) is 14.4 Å². The number of rotatable bonds is 7. The Morgan fingerprint density at radius 3 is 2.53 bits per heavy atom. The molecule has 2 heterocycles. The summed E-state index contributed by atoms with van der Waals surface area (Å²) < 4.78 is 11.3. The molecule has 34 heavy (non-hydrogen) atoms. The molecule has 0 atom stereocenters. The topological polar surface area (TPSA) is 79.4 Å². The molecular formula is C26H31N3O5. The maximum Gasteiger partial charge on any atom is 0.265 e. The number of carbonyl (C=O) groups excluding carboxylic acids is 3. The predicted octanol–water partition coefficient (Wildman–Crippen LogP) is 2.45. The first-order chi connectivity index (χ1) is 16.4. The molecule has 0 spiro atoms. The molecule has 8 nitrogen and oxygen atoms in total. The van der Waals surface area contributed by atoms with Crippen LogP contribution >= 0.6 is 0 Å². The van der Waals surface area contributed by atoms with Crippen molar-refractivity contribution in [1.82, 2.24) is 9.80 Å². The quantitative estimate of drug-likeness (QED) is 0.585. The van der Waals surface area contributed by atoms with Gasteiger partial charge in [0.2, 0.25) is 5.91 Å². The second kappa shape index (κ2) is 10.3. The third kappa shape index (κ3) is 5.22. The lowest BCUT2D eigenvalue weighted by Crippen LogP contribution is -2.52. The van der Waals surface area contributed by atoms with Crippen molar-refractivity contribution in [2.75, 3.05) is 57.4 Å². The molecule has 0 aliphatic carbocycles. The van der Waals surface area contributed by atoms with Crippen molar-refractivity contribution in [3.8, 4) is 11.5 Å². The fourth-order valence-electron chi connectivity index (χ4n) is 4.19. The zero-order valence-electron chi connectivity index (χ0n) is 20.0. The third-order valence-electron chi connectivity index (χ3n) is 6.39. The van der Waals surface area contributed by atoms with Crippen LogP contribution in [0.15, 0.2) is 36.4 Å². The Hall–Kier alpha value is -3.39. The first kappa shape index (κ1) is 23.8. The normalized spacial score (nSPS) is 16.1. The van der Waals surface area contributed by atoms with E-state index < -0.39 is 0 Å². The lowest BCUT2D eigenvalue weighted by Gasteiger charge is -2.36. The fraction of sp³-hybridized carbons (Fsp3) is 0.423. The molecule has 0 bridgehead atoms. The van der Waals surface area contributed by atoms with Crippen molar-refractivity contribution >= 4 is 23.3 Å². The Bertz CT molecular complexity index is 1090. The van der Waals surface area contributed by atoms with Crippen LogP contribution in [0.25, 0.3) is 0 Å². The van der Waals surface area contributed by atoms with Gasteiger partial charge in [-0.15, -0.1) is 0 Å². The van der Waals surface area contributed by atoms with Gasteiger partial charge in [0.1, 0.15) is 18.0 Å². The number of nitrogens with zero attached hydrogens (tertiary/aromatic N) is 3. The summed E-state index contributed by atoms with van der Waals surface area (Å²) in [5, 5.41) is 0. The molecule has 0 unspecified atom stereocenters. The molecule has 0 aromatic heterocycles. The largest absolute Gasteiger partial charge is 0.485 e. The Kier molecular flexibility index (Phi) is 7.17. The molecule has 180 valence electrons. The Morgan fingerprint density at radius 2 is 1.79 bits per heavy atom. The van der Waals surface area contributed by atoms with E-state index in [0.717, 1.165) is 30.8 Å². The van der Waals surface area contributed by atoms with Gasteiger partial charge in [0.05, 0.1) is 5.69 Å². The Labute approximate surface area is 200 Å². The van der Waals surface area contributed by atoms with E-state index in [4.69, 9.17) is 9.47 Å². The van der Waals surface area contributed by atoms with E-state index in [2.05, 4.69) is 11.8 Å². The molecule has 2 aromatic rings. The first-order valence-electron chi connectivity index (χ1n) is 11.7. The van der Waals surface area contributed by atoms with Crippen LogP contribution < -0.4 is 14.4 Å². The van der Waals surface area contributed by atoms with Crippen LogP contribution in [0.2, 0.25) is 0 Å². The van der Waals surface area contributed by atoms with Crippen molar-refractivity contribution in [2.45, 2.75) is 20.8 Å². The van der Waals surface area contributed by atoms with Crippen LogP contribution in [0.3, 0.4) is 0 Å². The molecule has 2 aliphatic heterocycles. The van der Waals surface area contributed by atoms with Gasteiger partial charge < -0.3 is 19.3 Å². The number of fused-ring (bicyclic) bond motifs is 1. The molecule has 2 amide bonds. The summed E-state index contributed by atoms with van der Waals surface area (Å²) in [6, 6.07) is 10.8. The van der Waals surface area contributed by atoms with E-state index in [1.807, 2.05) is 32.0 Å². The number of aryl methyl sites for hydroxylation is 2. The highest BCUT2D eigenvalue weighted by molar-refractivity contribution is 6.04. The summed E-state index contributed by atoms with van der Waals surface area (Å²) in [5.74, 6) is 0.523. The number of hydrogen-bond acceptors (Lipinski definition) is 6. The molecule has 8 heteroatoms. The van der Waals surface area contributed by atoms with E-state index in [1.54, 1.807) is 23.1 Å². The molecule has 1 fully saturated rings. The van der Waals surface area contributed by atoms with Crippen molar-refractivity contribution in [3.05, 3.63) is 53.1 Å². The maximum absolute atomic E-state index is 12.9. The average Bonchev–Trinajstić information content (AvgIpc) is 2.85. The van der Waals surface area contributed by atoms with Gasteiger partial charge in [-0.2, -0.15) is 0 Å². The van der Waals surface area contributed by atoms with Gasteiger partial charge in [-0.1, -0.05) is 19.1 Å². The number of ether oxygens (including phenoxy) is 2. The number of benzene rings is 2. The molecule has 0 N–H and O–H groups in total. The SMILES string of the molecule is CCN1CCN(C(=O)CN2C(=O)COc3ccc(C(=O)COc4cc(C)ccc4C)cc32)CC1. The first-order valence-corrected chi connectivity index (χ1v) is 11.7. The van der Waals surface area contributed by atoms with Gasteiger partial charge in [-0.05, 0) is 55.8 Å². The van der Waals surface area contributed by atoms with E-state index in [-0.39, 0.29) is 37.4 Å². The number of likely N-dealkylation sites (N-methyl/N-ethyl adjacent to an activating group) is 1. The number of carbonyl (C=O) groups is 3. The van der Waals surface area contributed by atoms with Crippen LogP contribution in [0, 0.1) is 13.8 Å². The summed E-state index contributed by atoms with van der Waals surface area (Å²) in [6.07, 6.45) is 0. The highest BCUT2D eigenvalue weighted by Crippen LogP contribution is 2.33. The number of hydrogen-bond donors (Lipinski definition) is 0. The molecule has 0 radical (unpaired) electrons. The van der Waals surface area contributed by atoms with Crippen LogP contribution in [-0.2, 0) is 9.59 Å². The smallest absolute Gasteiger partial charge is 0.265 e. The number of amides is 2. The minimum absolute atomic E-state index is 0.0715. The summed E-state index contributed by atoms with van der Waals surface area (Å²) >= 11 is 0. The van der Waals surface area contributed by atoms with Crippen LogP contribution in [-0.4, -0.2) is 79.9 Å². The van der Waals surface area contributed by atoms with Crippen molar-refractivity contribution in [1.29, 1.82) is 0 Å². The highest BCUT2D eigenvalue weighted by Gasteiger charge is 2.30. The molecule has 2 aliphatic rings. The second-order valence-corrected chi connectivity index (χ2v) is 8.75. The highest BCUT2D eigenvalue weighted by atomic mass is 16.5. The van der Waals surface area contributed by atoms with Crippen LogP contribution in [0.4, 0.5) is 5.69 Å². The summed E-state index contributed by atoms with van der Waals surface area (Å²) in [7, 11) is 0. The lowest BCUT2D eigenvalue weighted by atomic mass is 10.1. The standard InChI is InChI=1S/C26H31N3O5/c1-4-27-9-11-28(12-10-27)25(31)15-29-21-14-20(7-8-23(21)34-17-26(29)32)22(30)16-33-24-13-18(2)5-6-19(24)3/h5-8,13-14H,4,9-12,15-17H2,1-3H3. The molecule has 0 saturated carbocycles. The van der Waals surface area contributed by atoms with Crippen LogP contribution in [0.5, 0.6) is 11.5 Å². The molecule has 2 aromatic carbocycles. The fourth-order valence-corrected chi connectivity index (χ4v) is 4.19. The monoisotopic (exact) mass is 465 g/mol. The average molecular weight is 466 g/mol. The van der Waals surface area contributed by atoms with Crippen molar-refractivity contribution in [3.63, 3.8) is 0 Å². The lowest BCUT2D eigenvalue weighted by molar-refractivity contribution is -0.133. The number of anilines is 1. The minimum Gasteiger partial charge on any atom is -0.485 e. The second-order valence-electron chi connectivity index (χ2n) is 8.75. The van der Waals surface area contributed by atoms with E-state index in [0.29, 0.717) is 35.8 Å². The zero-order chi connectivity index (χ0) is 24.2. The van der Waals surface area contributed by atoms with Crippen molar-refractivity contribution < 1.29 is 23.9 Å². The molecular weight excluding hydrogens is 434 g/mol. The minimum atomic E-state index is -0.302. The number of ketones is 1. The van der Waals surface area contributed by atoms with Crippen LogP contribution in [0.1, 0.15) is 28.4 Å². The Morgan fingerprint density at radius 1 is 1.03 bits per heavy atom. The third-order valence-corrected chi connectivity index (χ3v) is 6.39. The predicted molar refractivity (Wildman–Crippen MR) is 129 cm³/mol. The maximum atomic E-state index is 12.9. The van der Waals surface area contributed by atoms with Crippen molar-refractivity contribution in [2.24, 2.45) is 0 Å². The zero-order valence-corrected chi connectivity index (χ0v) is 20.0. The van der Waals surface area contributed by atoms with Gasteiger partial charge in [0.15, 0.2) is 19.0 Å². The Balaban J connectivity index is 1.47. The number of Topliss-reactive ketones (excluding diaryl/α,β-unsaturated/α-hetero) is 1. The summed E-state index contributed by atoms with van der Waals surface area (Å²) in [5.41, 5.74) is 2.84. The van der Waals surface area contributed by atoms with Gasteiger partial charge in [0.25, 0.3) is 5.91 Å². The van der Waals surface area contributed by atoms with E-state index in [1.165, 1.54) is 4.90 Å².